The normalized spacial score (nSPS) is 11.5. The second kappa shape index (κ2) is 6.00. The van der Waals surface area contributed by atoms with Gasteiger partial charge >= 0.3 is 5.97 Å². The quantitative estimate of drug-likeness (QED) is 0.848. The van der Waals surface area contributed by atoms with Crippen LogP contribution >= 0.6 is 35.0 Å². The lowest BCUT2D eigenvalue weighted by molar-refractivity contribution is 0.0696. The Kier molecular flexibility index (Phi) is 4.94. The summed E-state index contributed by atoms with van der Waals surface area (Å²) < 4.78 is 0. The Labute approximate surface area is 101 Å². The Balaban J connectivity index is 2.61. The highest BCUT2D eigenvalue weighted by Gasteiger charge is 2.03. The zero-order valence-electron chi connectivity index (χ0n) is 7.48. The van der Waals surface area contributed by atoms with Crippen molar-refractivity contribution in [2.24, 2.45) is 0 Å². The monoisotopic (exact) mass is 263 g/mol. The molecular formula is C9H7Cl2NO2S. The van der Waals surface area contributed by atoms with Crippen LogP contribution < -0.4 is 0 Å². The highest BCUT2D eigenvalue weighted by molar-refractivity contribution is 7.99. The minimum Gasteiger partial charge on any atom is -0.478 e. The molecule has 0 bridgehead atoms. The van der Waals surface area contributed by atoms with E-state index in [9.17, 15) is 4.79 Å². The van der Waals surface area contributed by atoms with Crippen LogP contribution in [0.1, 0.15) is 10.4 Å². The summed E-state index contributed by atoms with van der Waals surface area (Å²) in [6, 6.07) is 3.13. The van der Waals surface area contributed by atoms with E-state index in [2.05, 4.69) is 4.98 Å². The van der Waals surface area contributed by atoms with Crippen molar-refractivity contribution in [3.05, 3.63) is 34.5 Å². The number of hydrogen-bond acceptors (Lipinski definition) is 3. The average Bonchev–Trinajstić information content (AvgIpc) is 2.26. The van der Waals surface area contributed by atoms with Crippen LogP contribution in [0.5, 0.6) is 0 Å². The first-order valence-electron chi connectivity index (χ1n) is 3.90. The van der Waals surface area contributed by atoms with E-state index < -0.39 is 5.97 Å². The van der Waals surface area contributed by atoms with E-state index >= 15 is 0 Å². The fraction of sp³-hybridized carbons (Fsp3) is 0.111. The standard InChI is InChI=1S/C9H7Cl2NO2S/c10-3-7(11)5-15-8-2-1-6(4-12-8)9(13)14/h1-4H,5H2,(H,13,14). The number of aromatic carboxylic acids is 1. The minimum atomic E-state index is -0.988. The van der Waals surface area contributed by atoms with Gasteiger partial charge in [0, 0.05) is 22.5 Å². The summed E-state index contributed by atoms with van der Waals surface area (Å²) in [4.78, 5) is 14.5. The summed E-state index contributed by atoms with van der Waals surface area (Å²) in [5.74, 6) is -0.470. The Morgan fingerprint density at radius 3 is 2.80 bits per heavy atom. The molecule has 80 valence electrons. The van der Waals surface area contributed by atoms with Crippen LogP contribution in [0.4, 0.5) is 0 Å². The van der Waals surface area contributed by atoms with Gasteiger partial charge in [-0.2, -0.15) is 0 Å². The zero-order valence-corrected chi connectivity index (χ0v) is 9.81. The zero-order chi connectivity index (χ0) is 11.3. The molecule has 1 aromatic heterocycles. The molecule has 0 aliphatic carbocycles. The molecule has 1 heterocycles. The van der Waals surface area contributed by atoms with Crippen LogP contribution in [0.15, 0.2) is 33.9 Å². The van der Waals surface area contributed by atoms with Crippen LogP contribution in [-0.2, 0) is 0 Å². The molecule has 0 saturated heterocycles. The smallest absolute Gasteiger partial charge is 0.337 e. The summed E-state index contributed by atoms with van der Waals surface area (Å²) in [7, 11) is 0. The lowest BCUT2D eigenvalue weighted by Gasteiger charge is -1.99. The molecule has 6 heteroatoms. The molecule has 0 spiro atoms. The summed E-state index contributed by atoms with van der Waals surface area (Å²) in [5.41, 5.74) is 1.46. The molecule has 0 radical (unpaired) electrons. The van der Waals surface area contributed by atoms with Crippen molar-refractivity contribution in [2.75, 3.05) is 5.75 Å². The van der Waals surface area contributed by atoms with Gasteiger partial charge in [-0.25, -0.2) is 9.78 Å². The maximum atomic E-state index is 10.5. The fourth-order valence-corrected chi connectivity index (χ4v) is 1.76. The summed E-state index contributed by atoms with van der Waals surface area (Å²) in [6.07, 6.45) is 1.31. The number of aromatic nitrogens is 1. The third-order valence-electron chi connectivity index (χ3n) is 1.46. The van der Waals surface area contributed by atoms with Crippen molar-refractivity contribution in [2.45, 2.75) is 5.03 Å². The van der Waals surface area contributed by atoms with Crippen LogP contribution in [-0.4, -0.2) is 21.8 Å². The average molecular weight is 264 g/mol. The van der Waals surface area contributed by atoms with E-state index in [1.54, 1.807) is 6.07 Å². The molecule has 1 aromatic rings. The van der Waals surface area contributed by atoms with E-state index in [0.29, 0.717) is 15.8 Å². The van der Waals surface area contributed by atoms with Crippen LogP contribution in [0, 0.1) is 0 Å². The van der Waals surface area contributed by atoms with Crippen molar-refractivity contribution in [1.29, 1.82) is 0 Å². The molecule has 0 fully saturated rings. The number of thioether (sulfide) groups is 1. The molecule has 0 aliphatic heterocycles. The summed E-state index contributed by atoms with van der Waals surface area (Å²) in [6.45, 7) is 0. The molecule has 0 atom stereocenters. The molecule has 0 amide bonds. The predicted molar refractivity (Wildman–Crippen MR) is 61.7 cm³/mol. The summed E-state index contributed by atoms with van der Waals surface area (Å²) >= 11 is 12.4. The van der Waals surface area contributed by atoms with Gasteiger partial charge in [0.25, 0.3) is 0 Å². The van der Waals surface area contributed by atoms with Crippen LogP contribution in [0.2, 0.25) is 0 Å². The molecule has 3 nitrogen and oxygen atoms in total. The lowest BCUT2D eigenvalue weighted by atomic mass is 10.3. The number of halogens is 2. The van der Waals surface area contributed by atoms with E-state index in [4.69, 9.17) is 28.3 Å². The van der Waals surface area contributed by atoms with Crippen molar-refractivity contribution >= 4 is 40.9 Å². The second-order valence-corrected chi connectivity index (χ2v) is 4.23. The highest BCUT2D eigenvalue weighted by Crippen LogP contribution is 2.20. The van der Waals surface area contributed by atoms with Gasteiger partial charge < -0.3 is 5.11 Å². The molecule has 0 aromatic carbocycles. The topological polar surface area (TPSA) is 50.2 Å². The first-order valence-corrected chi connectivity index (χ1v) is 5.70. The maximum absolute atomic E-state index is 10.5. The van der Waals surface area contributed by atoms with Gasteiger partial charge in [-0.15, -0.1) is 11.8 Å². The van der Waals surface area contributed by atoms with Crippen molar-refractivity contribution in [3.63, 3.8) is 0 Å². The van der Waals surface area contributed by atoms with Crippen LogP contribution in [0.25, 0.3) is 0 Å². The van der Waals surface area contributed by atoms with Gasteiger partial charge in [0.1, 0.15) is 0 Å². The first kappa shape index (κ1) is 12.4. The molecule has 1 rings (SSSR count). The Morgan fingerprint density at radius 2 is 2.33 bits per heavy atom. The highest BCUT2D eigenvalue weighted by atomic mass is 35.5. The SMILES string of the molecule is O=C(O)c1ccc(SCC(Cl)=CCl)nc1. The molecule has 0 saturated carbocycles. The van der Waals surface area contributed by atoms with Gasteiger partial charge in [0.15, 0.2) is 0 Å². The van der Waals surface area contributed by atoms with E-state index in [1.807, 2.05) is 0 Å². The number of pyridine rings is 1. The van der Waals surface area contributed by atoms with Gasteiger partial charge in [-0.1, -0.05) is 23.2 Å². The van der Waals surface area contributed by atoms with E-state index in [-0.39, 0.29) is 5.56 Å². The van der Waals surface area contributed by atoms with Crippen LogP contribution in [0.3, 0.4) is 0 Å². The molecule has 0 unspecified atom stereocenters. The molecule has 15 heavy (non-hydrogen) atoms. The maximum Gasteiger partial charge on any atom is 0.337 e. The van der Waals surface area contributed by atoms with Crippen molar-refractivity contribution in [1.82, 2.24) is 4.98 Å². The van der Waals surface area contributed by atoms with Gasteiger partial charge in [-0.05, 0) is 12.1 Å². The molecule has 0 aliphatic rings. The lowest BCUT2D eigenvalue weighted by Crippen LogP contribution is -1.96. The Hall–Kier alpha value is -0.710. The number of nitrogens with zero attached hydrogens (tertiary/aromatic N) is 1. The Bertz CT molecular complexity index is 378. The number of carbonyl (C=O) groups is 1. The number of hydrogen-bond donors (Lipinski definition) is 1. The Morgan fingerprint density at radius 1 is 1.60 bits per heavy atom. The van der Waals surface area contributed by atoms with Crippen molar-refractivity contribution in [3.8, 4) is 0 Å². The van der Waals surface area contributed by atoms with E-state index in [0.717, 1.165) is 0 Å². The predicted octanol–water partition coefficient (Wildman–Crippen LogP) is 3.19. The molecule has 1 N–H and O–H groups in total. The van der Waals surface area contributed by atoms with Gasteiger partial charge in [0.05, 0.1) is 10.6 Å². The third kappa shape index (κ3) is 4.11. The van der Waals surface area contributed by atoms with Gasteiger partial charge in [-0.3, -0.25) is 0 Å². The van der Waals surface area contributed by atoms with E-state index in [1.165, 1.54) is 29.6 Å². The largest absolute Gasteiger partial charge is 0.478 e. The molecular weight excluding hydrogens is 257 g/mol. The van der Waals surface area contributed by atoms with Crippen molar-refractivity contribution < 1.29 is 9.90 Å². The summed E-state index contributed by atoms with van der Waals surface area (Å²) in [5, 5.41) is 9.86. The minimum absolute atomic E-state index is 0.165. The van der Waals surface area contributed by atoms with Gasteiger partial charge in [0.2, 0.25) is 0 Å². The second-order valence-electron chi connectivity index (χ2n) is 2.53. The third-order valence-corrected chi connectivity index (χ3v) is 3.23. The first-order chi connectivity index (χ1) is 7.13. The fourth-order valence-electron chi connectivity index (χ4n) is 0.767. The number of carboxylic acid groups (broad SMARTS) is 1. The number of rotatable bonds is 4. The number of carboxylic acids is 1.